The number of halogens is 1. The summed E-state index contributed by atoms with van der Waals surface area (Å²) in [5.74, 6) is 5.04. The maximum absolute atomic E-state index is 5.04. The zero-order chi connectivity index (χ0) is 10.7. The Morgan fingerprint density at radius 3 is 2.87 bits per heavy atom. The highest BCUT2D eigenvalue weighted by Gasteiger charge is 2.13. The minimum Gasteiger partial charge on any atom is -0.304 e. The van der Waals surface area contributed by atoms with Crippen LogP contribution in [0.1, 0.15) is 29.5 Å². The van der Waals surface area contributed by atoms with Crippen molar-refractivity contribution in [3.8, 4) is 0 Å². The topological polar surface area (TPSA) is 35.2 Å². The Bertz CT molecular complexity index is 352. The van der Waals surface area contributed by atoms with E-state index in [1.165, 1.54) is 46.8 Å². The van der Waals surface area contributed by atoms with Gasteiger partial charge in [-0.15, -0.1) is 0 Å². The first-order valence-electron chi connectivity index (χ1n) is 5.43. The van der Waals surface area contributed by atoms with Crippen LogP contribution in [0.4, 0.5) is 0 Å². The third kappa shape index (κ3) is 2.60. The van der Waals surface area contributed by atoms with Crippen LogP contribution in [0, 0.1) is 0 Å². The molecule has 0 bridgehead atoms. The summed E-state index contributed by atoms with van der Waals surface area (Å²) in [6.07, 6.45) is 5.95. The average Bonchev–Trinajstić information content (AvgIpc) is 2.26. The zero-order valence-electron chi connectivity index (χ0n) is 8.76. The Balaban J connectivity index is 2.24. The molecule has 1 aromatic rings. The van der Waals surface area contributed by atoms with E-state index in [9.17, 15) is 0 Å². The van der Waals surface area contributed by atoms with Crippen LogP contribution in [0.2, 0.25) is 0 Å². The van der Waals surface area contributed by atoms with E-state index in [2.05, 4.69) is 32.9 Å². The number of rotatable bonds is 3. The second-order valence-electron chi connectivity index (χ2n) is 4.04. The lowest BCUT2D eigenvalue weighted by Crippen LogP contribution is -2.07. The van der Waals surface area contributed by atoms with E-state index in [1.807, 2.05) is 0 Å². The highest BCUT2D eigenvalue weighted by molar-refractivity contribution is 9.10. The van der Waals surface area contributed by atoms with E-state index in [-0.39, 0.29) is 0 Å². The molecule has 1 aliphatic rings. The molecule has 0 saturated carbocycles. The lowest BCUT2D eigenvalue weighted by atomic mass is 9.90. The van der Waals surface area contributed by atoms with E-state index in [1.54, 1.807) is 0 Å². The summed E-state index contributed by atoms with van der Waals surface area (Å²) in [6, 6.07) is 4.50. The first-order chi connectivity index (χ1) is 7.31. The van der Waals surface area contributed by atoms with Crippen LogP contribution in [0.3, 0.4) is 0 Å². The van der Waals surface area contributed by atoms with Crippen LogP contribution in [-0.2, 0) is 24.1 Å². The van der Waals surface area contributed by atoms with Crippen LogP contribution in [0.15, 0.2) is 16.6 Å². The molecule has 0 unspecified atom stereocenters. The minimum absolute atomic E-state index is 0.589. The van der Waals surface area contributed by atoms with Crippen LogP contribution >= 0.6 is 15.9 Å². The number of aryl methyl sites for hydroxylation is 1. The number of benzene rings is 1. The molecule has 0 amide bonds. The fraction of sp³-hybridized carbons (Fsp3) is 0.500. The summed E-state index contributed by atoms with van der Waals surface area (Å²) in [6.45, 7) is 0.589. The second kappa shape index (κ2) is 5.10. The number of nitrogens with two attached hydrogens (primary N) is 1. The van der Waals surface area contributed by atoms with Crippen molar-refractivity contribution in [2.75, 3.05) is 6.61 Å². The van der Waals surface area contributed by atoms with Crippen molar-refractivity contribution in [1.29, 1.82) is 0 Å². The number of fused-ring (bicyclic) bond motifs is 1. The Hall–Kier alpha value is -0.380. The predicted molar refractivity (Wildman–Crippen MR) is 64.6 cm³/mol. The standard InChI is InChI=1S/C12H16BrNO/c13-12-8-9(5-6-15-14)7-10-3-1-2-4-11(10)12/h7-8H,1-6,14H2. The maximum atomic E-state index is 5.04. The highest BCUT2D eigenvalue weighted by Crippen LogP contribution is 2.29. The van der Waals surface area contributed by atoms with Crippen molar-refractivity contribution in [3.05, 3.63) is 33.3 Å². The van der Waals surface area contributed by atoms with Gasteiger partial charge < -0.3 is 4.84 Å². The molecule has 0 atom stereocenters. The molecule has 0 saturated heterocycles. The summed E-state index contributed by atoms with van der Waals surface area (Å²) in [7, 11) is 0. The maximum Gasteiger partial charge on any atom is 0.0719 e. The van der Waals surface area contributed by atoms with Gasteiger partial charge in [-0.1, -0.05) is 22.0 Å². The largest absolute Gasteiger partial charge is 0.304 e. The van der Waals surface area contributed by atoms with Crippen molar-refractivity contribution in [1.82, 2.24) is 0 Å². The first-order valence-corrected chi connectivity index (χ1v) is 6.22. The van der Waals surface area contributed by atoms with E-state index < -0.39 is 0 Å². The molecule has 0 spiro atoms. The van der Waals surface area contributed by atoms with Crippen molar-refractivity contribution in [3.63, 3.8) is 0 Å². The molecule has 1 aliphatic carbocycles. The zero-order valence-corrected chi connectivity index (χ0v) is 10.3. The molecular formula is C12H16BrNO. The van der Waals surface area contributed by atoms with Crippen LogP contribution in [0.5, 0.6) is 0 Å². The van der Waals surface area contributed by atoms with Crippen LogP contribution in [0.25, 0.3) is 0 Å². The third-order valence-corrected chi connectivity index (χ3v) is 3.69. The quantitative estimate of drug-likeness (QED) is 0.857. The van der Waals surface area contributed by atoms with E-state index in [0.717, 1.165) is 6.42 Å². The molecule has 1 aromatic carbocycles. The molecular weight excluding hydrogens is 254 g/mol. The van der Waals surface area contributed by atoms with Gasteiger partial charge in [0.15, 0.2) is 0 Å². The van der Waals surface area contributed by atoms with Crippen LogP contribution < -0.4 is 5.90 Å². The SMILES string of the molecule is NOCCc1cc(Br)c2c(c1)CCCC2. The molecule has 2 N–H and O–H groups in total. The number of hydrogen-bond donors (Lipinski definition) is 1. The summed E-state index contributed by atoms with van der Waals surface area (Å²) < 4.78 is 1.26. The van der Waals surface area contributed by atoms with Gasteiger partial charge in [0.05, 0.1) is 6.61 Å². The van der Waals surface area contributed by atoms with Gasteiger partial charge in [-0.2, -0.15) is 0 Å². The van der Waals surface area contributed by atoms with Crippen LogP contribution in [-0.4, -0.2) is 6.61 Å². The minimum atomic E-state index is 0.589. The molecule has 82 valence electrons. The third-order valence-electron chi connectivity index (χ3n) is 2.98. The monoisotopic (exact) mass is 269 g/mol. The van der Waals surface area contributed by atoms with Gasteiger partial charge in [-0.25, -0.2) is 5.90 Å². The van der Waals surface area contributed by atoms with Crippen molar-refractivity contribution in [2.45, 2.75) is 32.1 Å². The predicted octanol–water partition coefficient (Wildman–Crippen LogP) is 2.76. The molecule has 15 heavy (non-hydrogen) atoms. The Morgan fingerprint density at radius 1 is 1.27 bits per heavy atom. The van der Waals surface area contributed by atoms with E-state index in [4.69, 9.17) is 5.90 Å². The van der Waals surface area contributed by atoms with Gasteiger partial charge in [0, 0.05) is 4.47 Å². The van der Waals surface area contributed by atoms with E-state index >= 15 is 0 Å². The Kier molecular flexibility index (Phi) is 3.78. The summed E-state index contributed by atoms with van der Waals surface area (Å²) >= 11 is 3.65. The van der Waals surface area contributed by atoms with Crippen molar-refractivity contribution >= 4 is 15.9 Å². The molecule has 0 fully saturated rings. The van der Waals surface area contributed by atoms with Gasteiger partial charge in [0.1, 0.15) is 0 Å². The molecule has 2 rings (SSSR count). The molecule has 3 heteroatoms. The second-order valence-corrected chi connectivity index (χ2v) is 4.90. The van der Waals surface area contributed by atoms with Crippen molar-refractivity contribution < 1.29 is 4.84 Å². The molecule has 0 aromatic heterocycles. The number of hydrogen-bond acceptors (Lipinski definition) is 2. The lowest BCUT2D eigenvalue weighted by molar-refractivity contribution is 0.141. The Morgan fingerprint density at radius 2 is 2.07 bits per heavy atom. The smallest absolute Gasteiger partial charge is 0.0719 e. The highest BCUT2D eigenvalue weighted by atomic mass is 79.9. The normalized spacial score (nSPS) is 15.1. The fourth-order valence-electron chi connectivity index (χ4n) is 2.20. The summed E-state index contributed by atoms with van der Waals surface area (Å²) in [5.41, 5.74) is 4.31. The van der Waals surface area contributed by atoms with Gasteiger partial charge in [0.25, 0.3) is 0 Å². The molecule has 2 nitrogen and oxygen atoms in total. The fourth-order valence-corrected chi connectivity index (χ4v) is 2.94. The van der Waals surface area contributed by atoms with Gasteiger partial charge in [0.2, 0.25) is 0 Å². The lowest BCUT2D eigenvalue weighted by Gasteiger charge is -2.18. The van der Waals surface area contributed by atoms with Gasteiger partial charge in [-0.05, 0) is 54.9 Å². The van der Waals surface area contributed by atoms with Gasteiger partial charge in [-0.3, -0.25) is 0 Å². The first kappa shape index (κ1) is 11.1. The summed E-state index contributed by atoms with van der Waals surface area (Å²) in [4.78, 5) is 4.61. The average molecular weight is 270 g/mol. The summed E-state index contributed by atoms with van der Waals surface area (Å²) in [5, 5.41) is 0. The Labute approximate surface area is 98.9 Å². The van der Waals surface area contributed by atoms with Crippen molar-refractivity contribution in [2.24, 2.45) is 5.90 Å². The molecule has 0 aliphatic heterocycles. The van der Waals surface area contributed by atoms with E-state index in [0.29, 0.717) is 6.61 Å². The molecule has 0 heterocycles. The van der Waals surface area contributed by atoms with Gasteiger partial charge >= 0.3 is 0 Å². The molecule has 0 radical (unpaired) electrons.